The number of nitrogens with one attached hydrogen (secondary N) is 3. The molecule has 10 nitrogen and oxygen atoms in total. The van der Waals surface area contributed by atoms with Gasteiger partial charge in [0.1, 0.15) is 12.7 Å². The van der Waals surface area contributed by atoms with Crippen LogP contribution in [0.4, 0.5) is 0 Å². The molecule has 84 valence electrons. The molecule has 0 radical (unpaired) electrons. The molecule has 0 aromatic heterocycles. The van der Waals surface area contributed by atoms with E-state index in [-0.39, 0.29) is 0 Å². The second-order valence-corrected chi connectivity index (χ2v) is 2.41. The summed E-state index contributed by atoms with van der Waals surface area (Å²) in [6.07, 6.45) is -1.28. The van der Waals surface area contributed by atoms with E-state index >= 15 is 0 Å². The number of hydrogen-bond acceptors (Lipinski definition) is 10. The van der Waals surface area contributed by atoms with Crippen molar-refractivity contribution in [1.29, 1.82) is 16.6 Å². The van der Waals surface area contributed by atoms with Crippen LogP contribution >= 0.6 is 0 Å². The van der Waals surface area contributed by atoms with Crippen LogP contribution in [-0.4, -0.2) is 41.3 Å². The molecule has 0 aliphatic heterocycles. The van der Waals surface area contributed by atoms with Crippen molar-refractivity contribution >= 4 is 5.97 Å². The predicted octanol–water partition coefficient (Wildman–Crippen LogP) is -0.370. The molecule has 0 amide bonds. The first-order valence-corrected chi connectivity index (χ1v) is 3.68. The maximum absolute atomic E-state index is 11.1. The molecule has 15 heavy (non-hydrogen) atoms. The van der Waals surface area contributed by atoms with Crippen LogP contribution in [0.25, 0.3) is 0 Å². The van der Waals surface area contributed by atoms with Crippen LogP contribution in [0.3, 0.4) is 0 Å². The Bertz CT molecular complexity index is 246. The normalized spacial score (nSPS) is 15.9. The molecule has 1 atom stereocenters. The van der Waals surface area contributed by atoms with E-state index in [1.807, 2.05) is 0 Å². The maximum Gasteiger partial charge on any atom is 0.396 e. The van der Waals surface area contributed by atoms with Gasteiger partial charge in [0, 0.05) is 0 Å². The number of aliphatic hydroxyl groups is 2. The second-order valence-electron chi connectivity index (χ2n) is 2.41. The van der Waals surface area contributed by atoms with E-state index in [9.17, 15) is 4.79 Å². The summed E-state index contributed by atoms with van der Waals surface area (Å²) in [4.78, 5) is 11.1. The average Bonchev–Trinajstić information content (AvgIpc) is 2.28. The number of esters is 1. The van der Waals surface area contributed by atoms with Crippen LogP contribution in [0.1, 0.15) is 0 Å². The molecule has 0 fully saturated rings. The molecule has 10 heteroatoms. The molecule has 0 aliphatic carbocycles. The van der Waals surface area contributed by atoms with Gasteiger partial charge < -0.3 is 14.9 Å². The smallest absolute Gasteiger partial charge is 0.396 e. The summed E-state index contributed by atoms with van der Waals surface area (Å²) in [5.41, 5.74) is 19.7. The van der Waals surface area contributed by atoms with Gasteiger partial charge in [-0.05, 0) is 0 Å². The molecule has 0 spiro atoms. The topological polar surface area (TPSA) is 175 Å². The minimum absolute atomic E-state index is 0.558. The summed E-state index contributed by atoms with van der Waals surface area (Å²) in [6, 6.07) is 0. The van der Waals surface area contributed by atoms with Gasteiger partial charge >= 0.3 is 11.8 Å². The third kappa shape index (κ3) is 3.11. The lowest BCUT2D eigenvalue weighted by Crippen LogP contribution is -2.35. The highest BCUT2D eigenvalue weighted by molar-refractivity contribution is 5.79. The van der Waals surface area contributed by atoms with E-state index in [1.165, 1.54) is 0 Å². The SMILES string of the molecule is N=NC(N=N)(N=N)C(=O)OCC(O)CO. The summed E-state index contributed by atoms with van der Waals surface area (Å²) >= 11 is 0. The van der Waals surface area contributed by atoms with Crippen molar-refractivity contribution in [2.75, 3.05) is 13.2 Å². The Morgan fingerprint density at radius 1 is 1.33 bits per heavy atom. The van der Waals surface area contributed by atoms with Crippen LogP contribution in [-0.2, 0) is 9.53 Å². The highest BCUT2D eigenvalue weighted by atomic mass is 16.5. The van der Waals surface area contributed by atoms with Gasteiger partial charge in [-0.25, -0.2) is 21.4 Å². The molecule has 1 unspecified atom stereocenters. The van der Waals surface area contributed by atoms with Crippen LogP contribution < -0.4 is 0 Å². The van der Waals surface area contributed by atoms with Gasteiger partial charge in [-0.15, -0.1) is 15.3 Å². The number of carbonyl (C=O) groups is 1. The Labute approximate surface area is 83.8 Å². The second kappa shape index (κ2) is 5.82. The molecular formula is C5H10N6O4. The fourth-order valence-corrected chi connectivity index (χ4v) is 0.533. The van der Waals surface area contributed by atoms with Gasteiger partial charge in [-0.1, -0.05) is 0 Å². The molecule has 0 aliphatic rings. The molecule has 0 saturated heterocycles. The summed E-state index contributed by atoms with van der Waals surface area (Å²) in [5, 5.41) is 25.0. The number of hydrogen-bond donors (Lipinski definition) is 5. The molecule has 0 heterocycles. The van der Waals surface area contributed by atoms with Crippen molar-refractivity contribution in [3.05, 3.63) is 0 Å². The molecule has 0 saturated carbocycles. The van der Waals surface area contributed by atoms with Crippen molar-refractivity contribution in [2.45, 2.75) is 11.9 Å². The van der Waals surface area contributed by atoms with E-state index in [1.54, 1.807) is 0 Å². The summed E-state index contributed by atoms with van der Waals surface area (Å²) < 4.78 is 4.34. The first-order chi connectivity index (χ1) is 7.06. The average molecular weight is 218 g/mol. The number of carbonyl (C=O) groups excluding carboxylic acids is 1. The summed E-state index contributed by atoms with van der Waals surface area (Å²) in [6.45, 7) is -1.17. The third-order valence-corrected chi connectivity index (χ3v) is 1.36. The lowest BCUT2D eigenvalue weighted by molar-refractivity contribution is -0.154. The largest absolute Gasteiger partial charge is 0.458 e. The quantitative estimate of drug-likeness (QED) is 0.289. The molecular weight excluding hydrogens is 208 g/mol. The van der Waals surface area contributed by atoms with E-state index < -0.39 is 31.1 Å². The van der Waals surface area contributed by atoms with Gasteiger partial charge in [-0.3, -0.25) is 0 Å². The lowest BCUT2D eigenvalue weighted by atomic mass is 10.4. The Kier molecular flexibility index (Phi) is 5.12. The van der Waals surface area contributed by atoms with E-state index in [0.29, 0.717) is 0 Å². The monoisotopic (exact) mass is 218 g/mol. The number of aliphatic hydroxyl groups excluding tert-OH is 2. The fraction of sp³-hybridized carbons (Fsp3) is 0.800. The van der Waals surface area contributed by atoms with E-state index in [4.69, 9.17) is 26.8 Å². The zero-order chi connectivity index (χ0) is 11.9. The van der Waals surface area contributed by atoms with Gasteiger partial charge in [0.2, 0.25) is 0 Å². The Balaban J connectivity index is 4.47. The van der Waals surface area contributed by atoms with Crippen molar-refractivity contribution < 1.29 is 19.7 Å². The lowest BCUT2D eigenvalue weighted by Gasteiger charge is -2.14. The zero-order valence-corrected chi connectivity index (χ0v) is 7.54. The van der Waals surface area contributed by atoms with Crippen molar-refractivity contribution in [3.63, 3.8) is 0 Å². The van der Waals surface area contributed by atoms with Crippen LogP contribution in [0.15, 0.2) is 15.3 Å². The molecule has 0 rings (SSSR count). The first-order valence-electron chi connectivity index (χ1n) is 3.68. The van der Waals surface area contributed by atoms with Crippen molar-refractivity contribution in [2.24, 2.45) is 15.3 Å². The van der Waals surface area contributed by atoms with Crippen LogP contribution in [0, 0.1) is 16.6 Å². The van der Waals surface area contributed by atoms with Crippen LogP contribution in [0.2, 0.25) is 0 Å². The molecule has 5 N–H and O–H groups in total. The third-order valence-electron chi connectivity index (χ3n) is 1.36. The Morgan fingerprint density at radius 2 is 1.80 bits per heavy atom. The summed E-state index contributed by atoms with van der Waals surface area (Å²) in [7, 11) is 0. The highest BCUT2D eigenvalue weighted by Crippen LogP contribution is 2.16. The minimum Gasteiger partial charge on any atom is -0.458 e. The maximum atomic E-state index is 11.1. The molecule has 0 bridgehead atoms. The highest BCUT2D eigenvalue weighted by Gasteiger charge is 2.41. The first kappa shape index (κ1) is 13.2. The predicted molar refractivity (Wildman–Crippen MR) is 42.2 cm³/mol. The van der Waals surface area contributed by atoms with Crippen molar-refractivity contribution in [1.82, 2.24) is 0 Å². The van der Waals surface area contributed by atoms with Gasteiger partial charge in [0.05, 0.1) is 6.61 Å². The number of nitrogens with zero attached hydrogens (tertiary/aromatic N) is 3. The zero-order valence-electron chi connectivity index (χ0n) is 7.54. The van der Waals surface area contributed by atoms with Gasteiger partial charge in [0.25, 0.3) is 0 Å². The van der Waals surface area contributed by atoms with Gasteiger partial charge in [-0.2, -0.15) is 0 Å². The minimum atomic E-state index is -2.56. The Hall–Kier alpha value is -1.81. The van der Waals surface area contributed by atoms with Crippen LogP contribution in [0.5, 0.6) is 0 Å². The number of ether oxygens (including phenoxy) is 1. The van der Waals surface area contributed by atoms with E-state index in [2.05, 4.69) is 20.1 Å². The molecule has 0 aromatic rings. The van der Waals surface area contributed by atoms with E-state index in [0.717, 1.165) is 0 Å². The molecule has 0 aromatic carbocycles. The Morgan fingerprint density at radius 3 is 2.13 bits per heavy atom. The fourth-order valence-electron chi connectivity index (χ4n) is 0.533. The summed E-state index contributed by atoms with van der Waals surface area (Å²) in [5.74, 6) is -3.90. The standard InChI is InChI=1S/C5H10N6O4/c6-9-5(10-7,11-8)4(14)15-2-3(13)1-12/h3,6-8,12-13H,1-2H2. The van der Waals surface area contributed by atoms with Crippen molar-refractivity contribution in [3.8, 4) is 0 Å². The van der Waals surface area contributed by atoms with Gasteiger partial charge in [0.15, 0.2) is 0 Å². The number of rotatable bonds is 7.